The van der Waals surface area contributed by atoms with Gasteiger partial charge in [0.05, 0.1) is 5.69 Å². The Morgan fingerprint density at radius 2 is 2.00 bits per heavy atom. The fraction of sp³-hybridized carbons (Fsp3) is 0.0833. The van der Waals surface area contributed by atoms with Crippen LogP contribution in [0, 0.1) is 11.6 Å². The van der Waals surface area contributed by atoms with Gasteiger partial charge in [0.25, 0.3) is 0 Å². The summed E-state index contributed by atoms with van der Waals surface area (Å²) >= 11 is 0. The van der Waals surface area contributed by atoms with Crippen molar-refractivity contribution in [2.45, 2.75) is 6.61 Å². The van der Waals surface area contributed by atoms with Gasteiger partial charge >= 0.3 is 0 Å². The molecule has 18 heavy (non-hydrogen) atoms. The van der Waals surface area contributed by atoms with Gasteiger partial charge in [0.2, 0.25) is 0 Å². The van der Waals surface area contributed by atoms with Gasteiger partial charge in [0, 0.05) is 6.07 Å². The Balaban J connectivity index is 2.04. The lowest BCUT2D eigenvalue weighted by Gasteiger charge is -2.07. The highest BCUT2D eigenvalue weighted by Gasteiger charge is 2.04. The molecule has 1 heterocycles. The van der Waals surface area contributed by atoms with Crippen LogP contribution in [-0.2, 0) is 6.61 Å². The molecule has 0 aliphatic carbocycles. The Morgan fingerprint density at radius 3 is 2.72 bits per heavy atom. The molecule has 0 bridgehead atoms. The summed E-state index contributed by atoms with van der Waals surface area (Å²) in [5, 5.41) is 0. The summed E-state index contributed by atoms with van der Waals surface area (Å²) in [4.78, 5) is 4.12. The SMILES string of the molecule is NNc1cccc(COc2ccc(F)c(F)c2)n1. The molecule has 3 N–H and O–H groups in total. The Hall–Kier alpha value is -2.21. The highest BCUT2D eigenvalue weighted by Crippen LogP contribution is 2.16. The Morgan fingerprint density at radius 1 is 1.17 bits per heavy atom. The van der Waals surface area contributed by atoms with Crippen LogP contribution in [0.25, 0.3) is 0 Å². The zero-order valence-electron chi connectivity index (χ0n) is 9.36. The van der Waals surface area contributed by atoms with Gasteiger partial charge < -0.3 is 10.2 Å². The molecule has 0 saturated heterocycles. The molecule has 6 heteroatoms. The average molecular weight is 251 g/mol. The molecule has 94 valence electrons. The molecule has 0 spiro atoms. The summed E-state index contributed by atoms with van der Waals surface area (Å²) in [5.74, 6) is 4.10. The lowest BCUT2D eigenvalue weighted by Crippen LogP contribution is -2.09. The molecule has 2 aromatic rings. The molecule has 0 atom stereocenters. The van der Waals surface area contributed by atoms with Crippen molar-refractivity contribution in [3.8, 4) is 5.75 Å². The van der Waals surface area contributed by atoms with Crippen LogP contribution in [0.3, 0.4) is 0 Å². The molecule has 0 radical (unpaired) electrons. The van der Waals surface area contributed by atoms with E-state index in [1.54, 1.807) is 18.2 Å². The van der Waals surface area contributed by atoms with Crippen LogP contribution >= 0.6 is 0 Å². The van der Waals surface area contributed by atoms with E-state index in [9.17, 15) is 8.78 Å². The molecular formula is C12H11F2N3O. The summed E-state index contributed by atoms with van der Waals surface area (Å²) in [6.07, 6.45) is 0. The quantitative estimate of drug-likeness (QED) is 0.646. The zero-order valence-corrected chi connectivity index (χ0v) is 9.36. The van der Waals surface area contributed by atoms with Gasteiger partial charge in [-0.3, -0.25) is 0 Å². The maximum Gasteiger partial charge on any atom is 0.162 e. The van der Waals surface area contributed by atoms with Crippen LogP contribution in [0.15, 0.2) is 36.4 Å². The minimum absolute atomic E-state index is 0.139. The average Bonchev–Trinajstić information content (AvgIpc) is 2.40. The van der Waals surface area contributed by atoms with E-state index < -0.39 is 11.6 Å². The van der Waals surface area contributed by atoms with Crippen molar-refractivity contribution >= 4 is 5.82 Å². The summed E-state index contributed by atoms with van der Waals surface area (Å²) in [5.41, 5.74) is 3.03. The van der Waals surface area contributed by atoms with Gasteiger partial charge in [-0.15, -0.1) is 0 Å². The van der Waals surface area contributed by atoms with Gasteiger partial charge in [-0.2, -0.15) is 0 Å². The fourth-order valence-electron chi connectivity index (χ4n) is 1.36. The third-order valence-electron chi connectivity index (χ3n) is 2.23. The predicted octanol–water partition coefficient (Wildman–Crippen LogP) is 2.22. The lowest BCUT2D eigenvalue weighted by molar-refractivity contribution is 0.298. The van der Waals surface area contributed by atoms with Crippen molar-refractivity contribution in [3.63, 3.8) is 0 Å². The van der Waals surface area contributed by atoms with Crippen molar-refractivity contribution in [2.75, 3.05) is 5.43 Å². The van der Waals surface area contributed by atoms with Crippen LogP contribution in [0.2, 0.25) is 0 Å². The van der Waals surface area contributed by atoms with Crippen LogP contribution in [0.4, 0.5) is 14.6 Å². The largest absolute Gasteiger partial charge is 0.487 e. The van der Waals surface area contributed by atoms with Crippen LogP contribution in [0.5, 0.6) is 5.75 Å². The molecule has 2 rings (SSSR count). The summed E-state index contributed by atoms with van der Waals surface area (Å²) < 4.78 is 30.9. The number of nitrogens with two attached hydrogens (primary N) is 1. The van der Waals surface area contributed by atoms with Gasteiger partial charge in [-0.25, -0.2) is 19.6 Å². The van der Waals surface area contributed by atoms with E-state index in [0.717, 1.165) is 12.1 Å². The summed E-state index contributed by atoms with van der Waals surface area (Å²) in [7, 11) is 0. The highest BCUT2D eigenvalue weighted by molar-refractivity contribution is 5.33. The van der Waals surface area contributed by atoms with Crippen molar-refractivity contribution in [3.05, 3.63) is 53.7 Å². The highest BCUT2D eigenvalue weighted by atomic mass is 19.2. The fourth-order valence-corrected chi connectivity index (χ4v) is 1.36. The number of anilines is 1. The summed E-state index contributed by atoms with van der Waals surface area (Å²) in [6, 6.07) is 8.54. The Kier molecular flexibility index (Phi) is 3.69. The number of hydrazine groups is 1. The standard InChI is InChI=1S/C12H11F2N3O/c13-10-5-4-9(6-11(10)14)18-7-8-2-1-3-12(16-8)17-15/h1-6H,7,15H2,(H,16,17). The first kappa shape index (κ1) is 12.3. The molecule has 1 aromatic heterocycles. The second-order valence-corrected chi connectivity index (χ2v) is 3.52. The third kappa shape index (κ3) is 2.92. The Labute approximate surface area is 102 Å². The van der Waals surface area contributed by atoms with E-state index in [1.165, 1.54) is 6.07 Å². The zero-order chi connectivity index (χ0) is 13.0. The van der Waals surface area contributed by atoms with Gasteiger partial charge in [0.1, 0.15) is 18.2 Å². The van der Waals surface area contributed by atoms with Gasteiger partial charge in [-0.1, -0.05) is 6.07 Å². The van der Waals surface area contributed by atoms with Crippen molar-refractivity contribution < 1.29 is 13.5 Å². The van der Waals surface area contributed by atoms with E-state index in [-0.39, 0.29) is 12.4 Å². The number of aromatic nitrogens is 1. The first-order chi connectivity index (χ1) is 8.69. The molecule has 4 nitrogen and oxygen atoms in total. The number of rotatable bonds is 4. The number of ether oxygens (including phenoxy) is 1. The number of benzene rings is 1. The Bertz CT molecular complexity index is 549. The van der Waals surface area contributed by atoms with Crippen molar-refractivity contribution in [1.29, 1.82) is 0 Å². The second kappa shape index (κ2) is 5.42. The number of nitrogen functional groups attached to an aromatic ring is 1. The lowest BCUT2D eigenvalue weighted by atomic mass is 10.3. The molecule has 0 amide bonds. The first-order valence-corrected chi connectivity index (χ1v) is 5.19. The molecule has 0 aliphatic heterocycles. The maximum atomic E-state index is 12.9. The van der Waals surface area contributed by atoms with Crippen LogP contribution in [0.1, 0.15) is 5.69 Å². The molecule has 1 aromatic carbocycles. The minimum Gasteiger partial charge on any atom is -0.487 e. The predicted molar refractivity (Wildman–Crippen MR) is 62.7 cm³/mol. The summed E-state index contributed by atoms with van der Waals surface area (Å²) in [6.45, 7) is 0.139. The van der Waals surface area contributed by atoms with Gasteiger partial charge in [-0.05, 0) is 24.3 Å². The van der Waals surface area contributed by atoms with Crippen molar-refractivity contribution in [2.24, 2.45) is 5.84 Å². The number of hydrogen-bond donors (Lipinski definition) is 2. The smallest absolute Gasteiger partial charge is 0.162 e. The minimum atomic E-state index is -0.946. The molecule has 0 unspecified atom stereocenters. The first-order valence-electron chi connectivity index (χ1n) is 5.19. The third-order valence-corrected chi connectivity index (χ3v) is 2.23. The van der Waals surface area contributed by atoms with Crippen LogP contribution in [-0.4, -0.2) is 4.98 Å². The van der Waals surface area contributed by atoms with E-state index in [2.05, 4.69) is 10.4 Å². The molecule has 0 saturated carbocycles. The maximum absolute atomic E-state index is 12.9. The number of nitrogens with one attached hydrogen (secondary N) is 1. The molecule has 0 fully saturated rings. The monoisotopic (exact) mass is 251 g/mol. The normalized spacial score (nSPS) is 10.2. The second-order valence-electron chi connectivity index (χ2n) is 3.52. The van der Waals surface area contributed by atoms with E-state index in [0.29, 0.717) is 11.5 Å². The topological polar surface area (TPSA) is 60.2 Å². The number of hydrogen-bond acceptors (Lipinski definition) is 4. The number of pyridine rings is 1. The van der Waals surface area contributed by atoms with Crippen molar-refractivity contribution in [1.82, 2.24) is 4.98 Å². The van der Waals surface area contributed by atoms with E-state index >= 15 is 0 Å². The number of halogens is 2. The van der Waals surface area contributed by atoms with E-state index in [1.807, 2.05) is 0 Å². The van der Waals surface area contributed by atoms with Crippen LogP contribution < -0.4 is 16.0 Å². The molecule has 0 aliphatic rings. The van der Waals surface area contributed by atoms with E-state index in [4.69, 9.17) is 10.6 Å². The van der Waals surface area contributed by atoms with Gasteiger partial charge in [0.15, 0.2) is 11.6 Å². The molecular weight excluding hydrogens is 240 g/mol. The number of nitrogens with zero attached hydrogens (tertiary/aromatic N) is 1.